The van der Waals surface area contributed by atoms with E-state index in [4.69, 9.17) is 10.00 Å². The zero-order valence-corrected chi connectivity index (χ0v) is 13.3. The third kappa shape index (κ3) is 4.23. The number of nitrogens with one attached hydrogen (secondary N) is 1. The predicted molar refractivity (Wildman–Crippen MR) is 86.8 cm³/mol. The Morgan fingerprint density at radius 1 is 1.32 bits per heavy atom. The SMILES string of the molecule is CCOc1cc(C(Nc2ccc(C#N)cc2)C(=O)[O-])ccc1[N+](=O)[O-]. The number of carboxylic acid groups (broad SMARTS) is 1. The number of benzene rings is 2. The van der Waals surface area contributed by atoms with Crippen molar-refractivity contribution in [2.24, 2.45) is 0 Å². The number of carboxylic acids is 1. The third-order valence-electron chi connectivity index (χ3n) is 3.37. The lowest BCUT2D eigenvalue weighted by molar-refractivity contribution is -0.385. The average Bonchev–Trinajstić information content (AvgIpc) is 2.60. The number of anilines is 1. The summed E-state index contributed by atoms with van der Waals surface area (Å²) in [7, 11) is 0. The first-order valence-corrected chi connectivity index (χ1v) is 7.35. The van der Waals surface area contributed by atoms with Crippen LogP contribution in [0.15, 0.2) is 42.5 Å². The number of nitrogens with zero attached hydrogens (tertiary/aromatic N) is 2. The van der Waals surface area contributed by atoms with Gasteiger partial charge in [0.25, 0.3) is 0 Å². The number of nitro groups is 1. The minimum absolute atomic E-state index is 0.0159. The van der Waals surface area contributed by atoms with E-state index in [1.54, 1.807) is 19.1 Å². The van der Waals surface area contributed by atoms with Gasteiger partial charge in [0.15, 0.2) is 5.75 Å². The molecule has 0 spiro atoms. The number of hydrogen-bond donors (Lipinski definition) is 1. The molecular weight excluding hydrogens is 326 g/mol. The number of hydrogen-bond acceptors (Lipinski definition) is 7. The fourth-order valence-electron chi connectivity index (χ4n) is 2.22. The minimum Gasteiger partial charge on any atom is -0.548 e. The van der Waals surface area contributed by atoms with E-state index in [0.717, 1.165) is 0 Å². The molecule has 0 aliphatic rings. The van der Waals surface area contributed by atoms with Crippen molar-refractivity contribution in [1.82, 2.24) is 0 Å². The summed E-state index contributed by atoms with van der Waals surface area (Å²) in [6, 6.07) is 10.7. The van der Waals surface area contributed by atoms with Gasteiger partial charge in [0.05, 0.1) is 35.2 Å². The van der Waals surface area contributed by atoms with Crippen LogP contribution in [0.1, 0.15) is 24.1 Å². The number of carbonyl (C=O) groups excluding carboxylic acids is 1. The molecule has 0 aliphatic carbocycles. The van der Waals surface area contributed by atoms with Gasteiger partial charge in [-0.15, -0.1) is 0 Å². The molecule has 0 radical (unpaired) electrons. The molecule has 8 heteroatoms. The van der Waals surface area contributed by atoms with Crippen LogP contribution in [0, 0.1) is 21.4 Å². The summed E-state index contributed by atoms with van der Waals surface area (Å²) in [6.45, 7) is 1.87. The highest BCUT2D eigenvalue weighted by atomic mass is 16.6. The lowest BCUT2D eigenvalue weighted by Crippen LogP contribution is -2.34. The van der Waals surface area contributed by atoms with Crippen molar-refractivity contribution in [3.05, 3.63) is 63.7 Å². The number of carbonyl (C=O) groups is 1. The molecule has 1 unspecified atom stereocenters. The van der Waals surface area contributed by atoms with E-state index >= 15 is 0 Å². The van der Waals surface area contributed by atoms with Gasteiger partial charge in [0.1, 0.15) is 0 Å². The van der Waals surface area contributed by atoms with Crippen molar-refractivity contribution in [3.8, 4) is 11.8 Å². The molecule has 0 saturated heterocycles. The van der Waals surface area contributed by atoms with Crippen molar-refractivity contribution in [2.45, 2.75) is 13.0 Å². The lowest BCUT2D eigenvalue weighted by atomic mass is 10.1. The van der Waals surface area contributed by atoms with Crippen LogP contribution in [0.5, 0.6) is 5.75 Å². The zero-order chi connectivity index (χ0) is 18.4. The van der Waals surface area contributed by atoms with Gasteiger partial charge in [0.2, 0.25) is 0 Å². The number of aliphatic carboxylic acids is 1. The Morgan fingerprint density at radius 2 is 2.00 bits per heavy atom. The fraction of sp³-hybridized carbons (Fsp3) is 0.176. The highest BCUT2D eigenvalue weighted by molar-refractivity contribution is 5.78. The van der Waals surface area contributed by atoms with E-state index in [9.17, 15) is 20.0 Å². The first-order valence-electron chi connectivity index (χ1n) is 7.35. The van der Waals surface area contributed by atoms with Crippen LogP contribution in [0.3, 0.4) is 0 Å². The molecule has 0 aromatic heterocycles. The van der Waals surface area contributed by atoms with Gasteiger partial charge < -0.3 is 20.0 Å². The molecule has 0 aliphatic heterocycles. The second-order valence-corrected chi connectivity index (χ2v) is 5.00. The van der Waals surface area contributed by atoms with Crippen LogP contribution < -0.4 is 15.2 Å². The highest BCUT2D eigenvalue weighted by Gasteiger charge is 2.20. The molecule has 2 aromatic carbocycles. The van der Waals surface area contributed by atoms with Gasteiger partial charge in [-0.05, 0) is 48.9 Å². The van der Waals surface area contributed by atoms with Gasteiger partial charge in [-0.1, -0.05) is 0 Å². The summed E-state index contributed by atoms with van der Waals surface area (Å²) in [6.07, 6.45) is 0. The monoisotopic (exact) mass is 340 g/mol. The normalized spacial score (nSPS) is 11.2. The molecular formula is C17H14N3O5-. The van der Waals surface area contributed by atoms with E-state index in [-0.39, 0.29) is 23.6 Å². The van der Waals surface area contributed by atoms with Gasteiger partial charge in [0, 0.05) is 11.8 Å². The van der Waals surface area contributed by atoms with Crippen LogP contribution in [-0.2, 0) is 4.79 Å². The first-order chi connectivity index (χ1) is 12.0. The third-order valence-corrected chi connectivity index (χ3v) is 3.37. The van der Waals surface area contributed by atoms with Crippen molar-refractivity contribution in [1.29, 1.82) is 5.26 Å². The molecule has 0 bridgehead atoms. The second kappa shape index (κ2) is 7.79. The van der Waals surface area contributed by atoms with Gasteiger partial charge in [-0.25, -0.2) is 0 Å². The van der Waals surface area contributed by atoms with E-state index in [1.807, 2.05) is 6.07 Å². The van der Waals surface area contributed by atoms with E-state index in [1.165, 1.54) is 30.3 Å². The summed E-state index contributed by atoms with van der Waals surface area (Å²) in [5, 5.41) is 34.1. The van der Waals surface area contributed by atoms with Crippen LogP contribution in [0.2, 0.25) is 0 Å². The molecule has 0 amide bonds. The van der Waals surface area contributed by atoms with E-state index < -0.39 is 16.9 Å². The molecule has 25 heavy (non-hydrogen) atoms. The minimum atomic E-state index is -1.40. The maximum atomic E-state index is 11.5. The molecule has 128 valence electrons. The lowest BCUT2D eigenvalue weighted by Gasteiger charge is -2.22. The predicted octanol–water partition coefficient (Wildman–Crippen LogP) is 1.77. The molecule has 1 N–H and O–H groups in total. The van der Waals surface area contributed by atoms with E-state index in [2.05, 4.69) is 5.32 Å². The van der Waals surface area contributed by atoms with Crippen LogP contribution in [0.25, 0.3) is 0 Å². The Kier molecular flexibility index (Phi) is 5.53. The summed E-state index contributed by atoms with van der Waals surface area (Å²) < 4.78 is 5.23. The first kappa shape index (κ1) is 17.7. The summed E-state index contributed by atoms with van der Waals surface area (Å²) in [5.74, 6) is -1.42. The van der Waals surface area contributed by atoms with Crippen molar-refractivity contribution >= 4 is 17.3 Å². The van der Waals surface area contributed by atoms with Crippen LogP contribution in [0.4, 0.5) is 11.4 Å². The summed E-state index contributed by atoms with van der Waals surface area (Å²) in [4.78, 5) is 21.9. The maximum Gasteiger partial charge on any atom is 0.310 e. The number of ether oxygens (including phenoxy) is 1. The van der Waals surface area contributed by atoms with Crippen LogP contribution >= 0.6 is 0 Å². The number of rotatable bonds is 7. The fourth-order valence-corrected chi connectivity index (χ4v) is 2.22. The Morgan fingerprint density at radius 3 is 2.52 bits per heavy atom. The average molecular weight is 340 g/mol. The molecule has 0 saturated carbocycles. The topological polar surface area (TPSA) is 128 Å². The molecule has 0 heterocycles. The largest absolute Gasteiger partial charge is 0.548 e. The molecule has 0 fully saturated rings. The Balaban J connectivity index is 2.36. The van der Waals surface area contributed by atoms with Crippen molar-refractivity contribution < 1.29 is 19.6 Å². The smallest absolute Gasteiger partial charge is 0.310 e. The molecule has 2 aromatic rings. The van der Waals surface area contributed by atoms with Crippen molar-refractivity contribution in [2.75, 3.05) is 11.9 Å². The molecule has 8 nitrogen and oxygen atoms in total. The Bertz CT molecular complexity index is 827. The Labute approximate surface area is 143 Å². The second-order valence-electron chi connectivity index (χ2n) is 5.00. The zero-order valence-electron chi connectivity index (χ0n) is 13.3. The summed E-state index contributed by atoms with van der Waals surface area (Å²) in [5.41, 5.74) is 0.897. The number of nitro benzene ring substituents is 1. The number of nitriles is 1. The van der Waals surface area contributed by atoms with Gasteiger partial charge in [-0.2, -0.15) is 5.26 Å². The Hall–Kier alpha value is -3.60. The quantitative estimate of drug-likeness (QED) is 0.600. The van der Waals surface area contributed by atoms with Gasteiger partial charge in [-0.3, -0.25) is 10.1 Å². The van der Waals surface area contributed by atoms with Gasteiger partial charge >= 0.3 is 5.69 Å². The van der Waals surface area contributed by atoms with E-state index in [0.29, 0.717) is 11.3 Å². The van der Waals surface area contributed by atoms with Crippen molar-refractivity contribution in [3.63, 3.8) is 0 Å². The molecule has 2 rings (SSSR count). The molecule has 1 atom stereocenters. The standard InChI is InChI=1S/C17H15N3O5/c1-2-25-15-9-12(5-8-14(15)20(23)24)16(17(21)22)19-13-6-3-11(10-18)4-7-13/h3-9,16,19H,2H2,1H3,(H,21,22)/p-1. The maximum absolute atomic E-state index is 11.5. The highest BCUT2D eigenvalue weighted by Crippen LogP contribution is 2.31. The van der Waals surface area contributed by atoms with Crippen LogP contribution in [-0.4, -0.2) is 17.5 Å². The summed E-state index contributed by atoms with van der Waals surface area (Å²) >= 11 is 0.